The van der Waals surface area contributed by atoms with Crippen LogP contribution in [0.3, 0.4) is 0 Å². The van der Waals surface area contributed by atoms with Crippen molar-refractivity contribution in [1.82, 2.24) is 9.21 Å². The van der Waals surface area contributed by atoms with Crippen molar-refractivity contribution in [2.45, 2.75) is 30.9 Å². The van der Waals surface area contributed by atoms with Gasteiger partial charge in [0.2, 0.25) is 10.0 Å². The molecule has 0 saturated carbocycles. The number of hydrogen-bond donors (Lipinski definition) is 0. The molecule has 2 aromatic carbocycles. The summed E-state index contributed by atoms with van der Waals surface area (Å²) < 4.78 is 33.3. The highest BCUT2D eigenvalue weighted by atomic mass is 32.2. The molecule has 0 N–H and O–H groups in total. The second-order valence-electron chi connectivity index (χ2n) is 7.32. The molecule has 1 atom stereocenters. The van der Waals surface area contributed by atoms with Gasteiger partial charge in [0, 0.05) is 31.7 Å². The third kappa shape index (κ3) is 3.70. The predicted octanol–water partition coefficient (Wildman–Crippen LogP) is 2.29. The van der Waals surface area contributed by atoms with Gasteiger partial charge >= 0.3 is 0 Å². The summed E-state index contributed by atoms with van der Waals surface area (Å²) in [5.41, 5.74) is 2.62. The number of carbonyl (C=O) groups excluding carboxylic acids is 1. The first kappa shape index (κ1) is 19.1. The highest BCUT2D eigenvalue weighted by Gasteiger charge is 2.29. The van der Waals surface area contributed by atoms with Gasteiger partial charge in [0.25, 0.3) is 5.91 Å². The van der Waals surface area contributed by atoms with Crippen LogP contribution in [0.5, 0.6) is 0 Å². The van der Waals surface area contributed by atoms with Crippen LogP contribution in [0, 0.1) is 0 Å². The molecule has 0 radical (unpaired) electrons. The summed E-state index contributed by atoms with van der Waals surface area (Å²) in [6.45, 7) is 4.25. The Morgan fingerprint density at radius 2 is 1.86 bits per heavy atom. The van der Waals surface area contributed by atoms with Crippen LogP contribution in [-0.4, -0.2) is 55.9 Å². The minimum Gasteiger partial charge on any atom is -0.375 e. The summed E-state index contributed by atoms with van der Waals surface area (Å²) in [5, 5.41) is 0. The molecule has 148 valence electrons. The van der Waals surface area contributed by atoms with Crippen LogP contribution in [0.1, 0.15) is 28.4 Å². The zero-order valence-electron chi connectivity index (χ0n) is 15.9. The highest BCUT2D eigenvalue weighted by Crippen LogP contribution is 2.25. The molecule has 0 bridgehead atoms. The number of rotatable bonds is 3. The van der Waals surface area contributed by atoms with E-state index in [-0.39, 0.29) is 16.9 Å². The molecule has 28 heavy (non-hydrogen) atoms. The summed E-state index contributed by atoms with van der Waals surface area (Å²) >= 11 is 0. The zero-order valence-corrected chi connectivity index (χ0v) is 16.7. The fraction of sp³-hybridized carbons (Fsp3) is 0.381. The topological polar surface area (TPSA) is 66.9 Å². The van der Waals surface area contributed by atoms with Crippen molar-refractivity contribution in [2.75, 3.05) is 26.2 Å². The van der Waals surface area contributed by atoms with E-state index in [1.165, 1.54) is 15.9 Å². The summed E-state index contributed by atoms with van der Waals surface area (Å²) in [6.07, 6.45) is 0.678. The first-order valence-corrected chi connectivity index (χ1v) is 11.0. The van der Waals surface area contributed by atoms with Crippen LogP contribution in [0.25, 0.3) is 0 Å². The number of sulfonamides is 1. The molecular formula is C21H24N2O4S. The summed E-state index contributed by atoms with van der Waals surface area (Å²) in [4.78, 5) is 14.7. The molecule has 2 aromatic rings. The van der Waals surface area contributed by atoms with Crippen molar-refractivity contribution in [2.24, 2.45) is 0 Å². The molecule has 2 aliphatic heterocycles. The average Bonchev–Trinajstić information content (AvgIpc) is 2.73. The zero-order chi connectivity index (χ0) is 19.7. The van der Waals surface area contributed by atoms with E-state index in [0.29, 0.717) is 44.8 Å². The van der Waals surface area contributed by atoms with Crippen LogP contribution in [0.4, 0.5) is 0 Å². The Morgan fingerprint density at radius 3 is 2.64 bits per heavy atom. The molecule has 0 aromatic heterocycles. The van der Waals surface area contributed by atoms with Gasteiger partial charge in [-0.2, -0.15) is 4.31 Å². The van der Waals surface area contributed by atoms with Crippen molar-refractivity contribution in [3.63, 3.8) is 0 Å². The monoisotopic (exact) mass is 400 g/mol. The molecular weight excluding hydrogens is 376 g/mol. The number of hydrogen-bond acceptors (Lipinski definition) is 4. The fourth-order valence-electron chi connectivity index (χ4n) is 3.80. The first-order valence-electron chi connectivity index (χ1n) is 9.53. The van der Waals surface area contributed by atoms with E-state index < -0.39 is 10.0 Å². The third-order valence-electron chi connectivity index (χ3n) is 5.34. The lowest BCUT2D eigenvalue weighted by molar-refractivity contribution is -0.0124. The van der Waals surface area contributed by atoms with Gasteiger partial charge in [-0.1, -0.05) is 30.3 Å². The SMILES string of the molecule is CC1CN(C(=O)c2cccc(S(=O)(=O)N3CCc4ccccc4C3)c2)CCO1. The van der Waals surface area contributed by atoms with Gasteiger partial charge in [-0.15, -0.1) is 0 Å². The minimum atomic E-state index is -3.66. The van der Waals surface area contributed by atoms with Crippen LogP contribution in [-0.2, 0) is 27.7 Å². The standard InChI is InChI=1S/C21H24N2O4S/c1-16-14-22(11-12-27-16)21(24)18-7-4-8-20(13-18)28(25,26)23-10-9-17-5-2-3-6-19(17)15-23/h2-8,13,16H,9-12,14-15H2,1H3. The van der Waals surface area contributed by atoms with Crippen molar-refractivity contribution < 1.29 is 17.9 Å². The Morgan fingerprint density at radius 1 is 1.07 bits per heavy atom. The number of carbonyl (C=O) groups is 1. The number of ether oxygens (including phenoxy) is 1. The Bertz CT molecular complexity index is 989. The van der Waals surface area contributed by atoms with Gasteiger partial charge in [-0.25, -0.2) is 8.42 Å². The summed E-state index contributed by atoms with van der Waals surface area (Å²) in [6, 6.07) is 14.3. The molecule has 0 aliphatic carbocycles. The van der Waals surface area contributed by atoms with Gasteiger partial charge in [0.1, 0.15) is 0 Å². The predicted molar refractivity (Wildman–Crippen MR) is 106 cm³/mol. The maximum atomic E-state index is 13.2. The van der Waals surface area contributed by atoms with Crippen LogP contribution in [0.2, 0.25) is 0 Å². The number of amides is 1. The number of fused-ring (bicyclic) bond motifs is 1. The summed E-state index contributed by atoms with van der Waals surface area (Å²) in [7, 11) is -3.66. The van der Waals surface area contributed by atoms with Crippen molar-refractivity contribution >= 4 is 15.9 Å². The van der Waals surface area contributed by atoms with Gasteiger partial charge in [0.05, 0.1) is 17.6 Å². The molecule has 2 aliphatic rings. The highest BCUT2D eigenvalue weighted by molar-refractivity contribution is 7.89. The Balaban J connectivity index is 1.57. The lowest BCUT2D eigenvalue weighted by Crippen LogP contribution is -2.44. The van der Waals surface area contributed by atoms with Gasteiger partial charge in [0.15, 0.2) is 0 Å². The lowest BCUT2D eigenvalue weighted by atomic mass is 10.0. The van der Waals surface area contributed by atoms with Gasteiger partial charge in [-0.05, 0) is 42.7 Å². The lowest BCUT2D eigenvalue weighted by Gasteiger charge is -2.31. The largest absolute Gasteiger partial charge is 0.375 e. The van der Waals surface area contributed by atoms with Crippen LogP contribution < -0.4 is 0 Å². The second kappa shape index (κ2) is 7.66. The van der Waals surface area contributed by atoms with E-state index in [9.17, 15) is 13.2 Å². The maximum absolute atomic E-state index is 13.2. The number of benzene rings is 2. The Kier molecular flexibility index (Phi) is 5.23. The van der Waals surface area contributed by atoms with Crippen LogP contribution >= 0.6 is 0 Å². The van der Waals surface area contributed by atoms with E-state index in [2.05, 4.69) is 0 Å². The normalized spacial score (nSPS) is 20.6. The minimum absolute atomic E-state index is 0.0157. The molecule has 2 heterocycles. The van der Waals surface area contributed by atoms with E-state index in [1.807, 2.05) is 31.2 Å². The first-order chi connectivity index (χ1) is 13.4. The van der Waals surface area contributed by atoms with E-state index in [1.54, 1.807) is 23.1 Å². The van der Waals surface area contributed by atoms with Crippen molar-refractivity contribution in [1.29, 1.82) is 0 Å². The molecule has 1 saturated heterocycles. The molecule has 1 unspecified atom stereocenters. The third-order valence-corrected chi connectivity index (χ3v) is 7.18. The molecule has 1 amide bonds. The number of nitrogens with zero attached hydrogens (tertiary/aromatic N) is 2. The Labute approximate surface area is 165 Å². The number of morpholine rings is 1. The molecule has 7 heteroatoms. The fourth-order valence-corrected chi connectivity index (χ4v) is 5.26. The van der Waals surface area contributed by atoms with Gasteiger partial charge < -0.3 is 9.64 Å². The molecule has 1 fully saturated rings. The molecule has 0 spiro atoms. The van der Waals surface area contributed by atoms with E-state index in [0.717, 1.165) is 5.56 Å². The smallest absolute Gasteiger partial charge is 0.254 e. The van der Waals surface area contributed by atoms with Crippen LogP contribution in [0.15, 0.2) is 53.4 Å². The van der Waals surface area contributed by atoms with Crippen molar-refractivity contribution in [3.8, 4) is 0 Å². The molecule has 6 nitrogen and oxygen atoms in total. The maximum Gasteiger partial charge on any atom is 0.254 e. The van der Waals surface area contributed by atoms with Crippen molar-refractivity contribution in [3.05, 3.63) is 65.2 Å². The molecule has 4 rings (SSSR count). The second-order valence-corrected chi connectivity index (χ2v) is 9.26. The van der Waals surface area contributed by atoms with E-state index >= 15 is 0 Å². The average molecular weight is 401 g/mol. The quantitative estimate of drug-likeness (QED) is 0.793. The van der Waals surface area contributed by atoms with Gasteiger partial charge in [-0.3, -0.25) is 4.79 Å². The van der Waals surface area contributed by atoms with E-state index in [4.69, 9.17) is 4.74 Å². The Hall–Kier alpha value is -2.22. The summed E-state index contributed by atoms with van der Waals surface area (Å²) in [5.74, 6) is -0.156.